The lowest BCUT2D eigenvalue weighted by Gasteiger charge is -2.31. The van der Waals surface area contributed by atoms with Gasteiger partial charge < -0.3 is 0 Å². The smallest absolute Gasteiger partial charge is 0.0194 e. The van der Waals surface area contributed by atoms with E-state index in [-0.39, 0.29) is 0 Å². The SMILES string of the molecule is C1=CC2CC1C1C3CCC(C3)C21.C=CC1CC(/C=C\C2CC(/C=C/CCCC)C3C4CCC(C4)C23)CC1C.C=CCCCC.CC1CC2C=CC1C2. The van der Waals surface area contributed by atoms with Crippen molar-refractivity contribution in [2.45, 2.75) is 143 Å². The number of hydrogen-bond donors (Lipinski definition) is 0. The van der Waals surface area contributed by atoms with Gasteiger partial charge in [-0.2, -0.15) is 0 Å². The molecule has 0 nitrogen and oxygen atoms in total. The van der Waals surface area contributed by atoms with Crippen LogP contribution in [0.5, 0.6) is 0 Å². The molecule has 0 N–H and O–H groups in total. The molecule has 0 aromatic rings. The number of fused-ring (bicyclic) bond motifs is 16. The van der Waals surface area contributed by atoms with Crippen LogP contribution in [-0.2, 0) is 0 Å². The molecule has 0 aromatic carbocycles. The Bertz CT molecular complexity index is 1250. The lowest BCUT2D eigenvalue weighted by Crippen LogP contribution is -2.25. The minimum atomic E-state index is 0.748. The summed E-state index contributed by atoms with van der Waals surface area (Å²) in [5.41, 5.74) is 0. The van der Waals surface area contributed by atoms with Crippen LogP contribution in [0.25, 0.3) is 0 Å². The number of hydrogen-bond acceptors (Lipinski definition) is 0. The van der Waals surface area contributed by atoms with Gasteiger partial charge in [0, 0.05) is 0 Å². The highest BCUT2D eigenvalue weighted by Crippen LogP contribution is 2.65. The maximum Gasteiger partial charge on any atom is -0.0194 e. The molecule has 8 bridgehead atoms. The lowest BCUT2D eigenvalue weighted by molar-refractivity contribution is 0.206. The van der Waals surface area contributed by atoms with Crippen molar-refractivity contribution in [3.63, 3.8) is 0 Å². The fourth-order valence-electron chi connectivity index (χ4n) is 14.8. The van der Waals surface area contributed by atoms with Gasteiger partial charge in [0.2, 0.25) is 0 Å². The van der Waals surface area contributed by atoms with E-state index in [1.165, 1.54) is 89.9 Å². The zero-order valence-electron chi connectivity index (χ0n) is 34.3. The summed E-state index contributed by atoms with van der Waals surface area (Å²) >= 11 is 0. The van der Waals surface area contributed by atoms with Crippen molar-refractivity contribution in [3.05, 3.63) is 73.9 Å². The van der Waals surface area contributed by atoms with E-state index in [1.807, 2.05) is 6.08 Å². The Kier molecular flexibility index (Phi) is 13.3. The molecule has 18 unspecified atom stereocenters. The molecular formula is C52H80. The first-order chi connectivity index (χ1) is 25.4. The van der Waals surface area contributed by atoms with Crippen molar-refractivity contribution >= 4 is 0 Å². The molecule has 18 atom stereocenters. The molecule has 0 aliphatic heterocycles. The lowest BCUT2D eigenvalue weighted by atomic mass is 9.73. The van der Waals surface area contributed by atoms with Crippen LogP contribution < -0.4 is 0 Å². The second kappa shape index (κ2) is 17.9. The van der Waals surface area contributed by atoms with Gasteiger partial charge in [0.1, 0.15) is 0 Å². The van der Waals surface area contributed by atoms with E-state index in [0.29, 0.717) is 0 Å². The van der Waals surface area contributed by atoms with Gasteiger partial charge in [-0.25, -0.2) is 0 Å². The highest BCUT2D eigenvalue weighted by atomic mass is 14.6. The molecule has 10 aliphatic carbocycles. The maximum absolute atomic E-state index is 4.05. The van der Waals surface area contributed by atoms with Gasteiger partial charge in [-0.05, 0) is 196 Å². The highest BCUT2D eigenvalue weighted by molar-refractivity contribution is 5.20. The van der Waals surface area contributed by atoms with E-state index in [9.17, 15) is 0 Å². The van der Waals surface area contributed by atoms with Gasteiger partial charge in [-0.3, -0.25) is 0 Å². The molecule has 0 heterocycles. The van der Waals surface area contributed by atoms with Gasteiger partial charge >= 0.3 is 0 Å². The van der Waals surface area contributed by atoms with Gasteiger partial charge in [0.25, 0.3) is 0 Å². The van der Waals surface area contributed by atoms with E-state index in [4.69, 9.17) is 0 Å². The Labute approximate surface area is 322 Å². The molecule has 0 amide bonds. The van der Waals surface area contributed by atoms with Gasteiger partial charge in [-0.15, -0.1) is 13.2 Å². The maximum atomic E-state index is 4.05. The molecule has 10 rings (SSSR count). The predicted octanol–water partition coefficient (Wildman–Crippen LogP) is 14.9. The van der Waals surface area contributed by atoms with E-state index < -0.39 is 0 Å². The van der Waals surface area contributed by atoms with Crippen LogP contribution in [0.4, 0.5) is 0 Å². The summed E-state index contributed by atoms with van der Waals surface area (Å²) in [6.07, 6.45) is 50.2. The normalized spacial score (nSPS) is 47.4. The largest absolute Gasteiger partial charge is 0.103 e. The van der Waals surface area contributed by atoms with Crippen molar-refractivity contribution in [2.24, 2.45) is 107 Å². The molecule has 288 valence electrons. The Morgan fingerprint density at radius 1 is 0.519 bits per heavy atom. The summed E-state index contributed by atoms with van der Waals surface area (Å²) < 4.78 is 0. The fraction of sp³-hybridized carbons (Fsp3) is 0.769. The van der Waals surface area contributed by atoms with Crippen molar-refractivity contribution in [2.75, 3.05) is 0 Å². The van der Waals surface area contributed by atoms with Gasteiger partial charge in [0.05, 0.1) is 0 Å². The average molecular weight is 705 g/mol. The summed E-state index contributed by atoms with van der Waals surface area (Å²) in [7, 11) is 0. The molecule has 8 saturated carbocycles. The van der Waals surface area contributed by atoms with Crippen molar-refractivity contribution < 1.29 is 0 Å². The minimum absolute atomic E-state index is 0.748. The zero-order valence-corrected chi connectivity index (χ0v) is 34.3. The highest BCUT2D eigenvalue weighted by Gasteiger charge is 2.58. The molecule has 0 heteroatoms. The van der Waals surface area contributed by atoms with Crippen LogP contribution >= 0.6 is 0 Å². The van der Waals surface area contributed by atoms with E-state index >= 15 is 0 Å². The van der Waals surface area contributed by atoms with Gasteiger partial charge in [-0.1, -0.05) is 114 Å². The first-order valence-corrected chi connectivity index (χ1v) is 23.4. The molecule has 0 saturated heterocycles. The second-order valence-corrected chi connectivity index (χ2v) is 20.2. The molecule has 0 radical (unpaired) electrons. The third-order valence-corrected chi connectivity index (χ3v) is 17.2. The minimum Gasteiger partial charge on any atom is -0.103 e. The van der Waals surface area contributed by atoms with E-state index in [2.05, 4.69) is 95.5 Å². The third kappa shape index (κ3) is 8.32. The monoisotopic (exact) mass is 705 g/mol. The number of unbranched alkanes of at least 4 members (excludes halogenated alkanes) is 4. The third-order valence-electron chi connectivity index (χ3n) is 17.2. The summed E-state index contributed by atoms with van der Waals surface area (Å²) in [4.78, 5) is 0. The van der Waals surface area contributed by atoms with Crippen LogP contribution in [0.3, 0.4) is 0 Å². The Hall–Kier alpha value is -1.56. The predicted molar refractivity (Wildman–Crippen MR) is 226 cm³/mol. The molecule has 10 aliphatic rings. The topological polar surface area (TPSA) is 0 Å². The summed E-state index contributed by atoms with van der Waals surface area (Å²) in [6.45, 7) is 16.9. The standard InChI is InChI=1S/C26H40.C12H16.C8H12.C6H12/c1-4-6-7-8-9-21-16-22(26-24-13-12-23(17-24)25(21)26)11-10-19-14-18(3)20(5-2)15-19;1-2-8-5-7(1)11-9-3-4-10(6-9)12(8)11;1-6-4-7-2-3-8(6)5-7;1-3-5-6-4-2/h5,8-11,18-26H,2,4,6-7,12-17H2,1,3H3;1-2,7-12H,3-6H2;2-3,6-8H,4-5H2,1H3;3H,1,4-6H2,2H3/b9-8+,11-10-;;;. The number of allylic oxidation sites excluding steroid dienone is 10. The van der Waals surface area contributed by atoms with Crippen molar-refractivity contribution in [1.82, 2.24) is 0 Å². The first kappa shape index (κ1) is 38.7. The number of rotatable bonds is 10. The Morgan fingerprint density at radius 2 is 1.12 bits per heavy atom. The second-order valence-electron chi connectivity index (χ2n) is 20.2. The van der Waals surface area contributed by atoms with Crippen LogP contribution in [0.1, 0.15) is 143 Å². The summed E-state index contributed by atoms with van der Waals surface area (Å²) in [5, 5.41) is 0. The van der Waals surface area contributed by atoms with Crippen molar-refractivity contribution in [3.8, 4) is 0 Å². The Morgan fingerprint density at radius 3 is 1.60 bits per heavy atom. The Balaban J connectivity index is 0.000000131. The van der Waals surface area contributed by atoms with Crippen LogP contribution in [0.2, 0.25) is 0 Å². The molecule has 0 spiro atoms. The molecule has 52 heavy (non-hydrogen) atoms. The van der Waals surface area contributed by atoms with Crippen LogP contribution in [0, 0.1) is 107 Å². The van der Waals surface area contributed by atoms with Crippen LogP contribution in [0.15, 0.2) is 73.9 Å². The quantitative estimate of drug-likeness (QED) is 0.121. The average Bonchev–Trinajstić information content (AvgIpc) is 4.01. The van der Waals surface area contributed by atoms with E-state index in [1.54, 1.807) is 25.7 Å². The van der Waals surface area contributed by atoms with Crippen LogP contribution in [-0.4, -0.2) is 0 Å². The van der Waals surface area contributed by atoms with Crippen molar-refractivity contribution in [1.29, 1.82) is 0 Å². The zero-order chi connectivity index (χ0) is 36.2. The summed E-state index contributed by atoms with van der Waals surface area (Å²) in [5.74, 6) is 17.8. The fourth-order valence-corrected chi connectivity index (χ4v) is 14.8. The molecule has 8 fully saturated rings. The molecular weight excluding hydrogens is 625 g/mol. The first-order valence-electron chi connectivity index (χ1n) is 23.4. The van der Waals surface area contributed by atoms with E-state index in [0.717, 1.165) is 107 Å². The molecule has 0 aromatic heterocycles. The van der Waals surface area contributed by atoms with Gasteiger partial charge in [0.15, 0.2) is 0 Å². The summed E-state index contributed by atoms with van der Waals surface area (Å²) in [6, 6.07) is 0.